The number of hydrogen-bond donors (Lipinski definition) is 1. The van der Waals surface area contributed by atoms with Gasteiger partial charge in [-0.1, -0.05) is 18.2 Å². The maximum atomic E-state index is 13.5. The van der Waals surface area contributed by atoms with Crippen molar-refractivity contribution in [3.8, 4) is 11.4 Å². The summed E-state index contributed by atoms with van der Waals surface area (Å²) in [6.07, 6.45) is 2.84. The lowest BCUT2D eigenvalue weighted by molar-refractivity contribution is 0.357. The molecule has 0 spiro atoms. The van der Waals surface area contributed by atoms with Crippen LogP contribution in [0.4, 0.5) is 4.39 Å². The summed E-state index contributed by atoms with van der Waals surface area (Å²) in [6, 6.07) is 13.0. The van der Waals surface area contributed by atoms with Gasteiger partial charge in [-0.2, -0.15) is 5.10 Å². The molecule has 0 saturated heterocycles. The Hall–Kier alpha value is -2.66. The van der Waals surface area contributed by atoms with Crippen LogP contribution in [0.2, 0.25) is 0 Å². The molecule has 1 aliphatic heterocycles. The highest BCUT2D eigenvalue weighted by atomic mass is 19.1. The number of nitrogens with zero attached hydrogens (tertiary/aromatic N) is 2. The minimum atomic E-state index is -0.259. The largest absolute Gasteiger partial charge is 0.493 e. The summed E-state index contributed by atoms with van der Waals surface area (Å²) in [5.74, 6) is 0.750. The lowest BCUT2D eigenvalue weighted by Crippen LogP contribution is -2.18. The third-order valence-corrected chi connectivity index (χ3v) is 4.93. The molecule has 3 aromatic rings. The summed E-state index contributed by atoms with van der Waals surface area (Å²) in [5.41, 5.74) is 5.39. The first kappa shape index (κ1) is 16.8. The highest BCUT2D eigenvalue weighted by Gasteiger charge is 2.16. The van der Waals surface area contributed by atoms with Crippen LogP contribution in [0, 0.1) is 12.7 Å². The second kappa shape index (κ2) is 6.92. The number of nitrogens with one attached hydrogen (secondary N) is 1. The Labute approximate surface area is 152 Å². The number of ether oxygens (including phenoxy) is 1. The van der Waals surface area contributed by atoms with Gasteiger partial charge in [-0.25, -0.2) is 9.07 Å². The van der Waals surface area contributed by atoms with Crippen LogP contribution >= 0.6 is 0 Å². The summed E-state index contributed by atoms with van der Waals surface area (Å²) < 4.78 is 20.8. The van der Waals surface area contributed by atoms with Gasteiger partial charge in [0.1, 0.15) is 11.6 Å². The van der Waals surface area contributed by atoms with Crippen LogP contribution in [0.5, 0.6) is 5.75 Å². The standard InChI is InChI=1S/C21H22FN3O/c1-14(23-12-16-6-7-21-17(10-16)8-9-26-21)20-13-24-25(15(20)2)19-5-3-4-18(22)11-19/h3-7,10-11,13-14,23H,8-9,12H2,1-2H3/t14-/m0/s1. The van der Waals surface area contributed by atoms with Crippen molar-refractivity contribution in [2.75, 3.05) is 6.61 Å². The molecule has 4 nitrogen and oxygen atoms in total. The van der Waals surface area contributed by atoms with Gasteiger partial charge in [-0.05, 0) is 49.2 Å². The zero-order valence-electron chi connectivity index (χ0n) is 15.0. The Morgan fingerprint density at radius 2 is 2.15 bits per heavy atom. The molecule has 0 unspecified atom stereocenters. The molecule has 0 aliphatic carbocycles. The van der Waals surface area contributed by atoms with Crippen LogP contribution in [0.3, 0.4) is 0 Å². The van der Waals surface area contributed by atoms with E-state index in [0.717, 1.165) is 42.3 Å². The Balaban J connectivity index is 1.48. The Morgan fingerprint density at radius 1 is 1.27 bits per heavy atom. The summed E-state index contributed by atoms with van der Waals surface area (Å²) in [7, 11) is 0. The van der Waals surface area contributed by atoms with Crippen molar-refractivity contribution in [1.29, 1.82) is 0 Å². The van der Waals surface area contributed by atoms with Gasteiger partial charge in [-0.3, -0.25) is 0 Å². The van der Waals surface area contributed by atoms with Crippen molar-refractivity contribution in [3.63, 3.8) is 0 Å². The molecule has 2 aromatic carbocycles. The predicted molar refractivity (Wildman–Crippen MR) is 99.2 cm³/mol. The topological polar surface area (TPSA) is 39.1 Å². The van der Waals surface area contributed by atoms with E-state index < -0.39 is 0 Å². The first-order valence-corrected chi connectivity index (χ1v) is 8.90. The number of hydrogen-bond acceptors (Lipinski definition) is 3. The number of benzene rings is 2. The molecule has 0 radical (unpaired) electrons. The number of rotatable bonds is 5. The number of aromatic nitrogens is 2. The van der Waals surface area contributed by atoms with Crippen LogP contribution in [0.15, 0.2) is 48.7 Å². The fraction of sp³-hybridized carbons (Fsp3) is 0.286. The van der Waals surface area contributed by atoms with Gasteiger partial charge in [0.2, 0.25) is 0 Å². The summed E-state index contributed by atoms with van der Waals surface area (Å²) >= 11 is 0. The quantitative estimate of drug-likeness (QED) is 0.752. The highest BCUT2D eigenvalue weighted by Crippen LogP contribution is 2.26. The SMILES string of the molecule is Cc1c([C@H](C)NCc2ccc3c(c2)CCO3)cnn1-c1cccc(F)c1. The molecule has 2 heterocycles. The van der Waals surface area contributed by atoms with E-state index >= 15 is 0 Å². The van der Waals surface area contributed by atoms with Crippen LogP contribution in [-0.4, -0.2) is 16.4 Å². The molecule has 0 bridgehead atoms. The zero-order valence-corrected chi connectivity index (χ0v) is 15.0. The van der Waals surface area contributed by atoms with Crippen LogP contribution in [0.1, 0.15) is 35.3 Å². The van der Waals surface area contributed by atoms with Crippen molar-refractivity contribution >= 4 is 0 Å². The third kappa shape index (κ3) is 3.22. The number of fused-ring (bicyclic) bond motifs is 1. The van der Waals surface area contributed by atoms with Crippen LogP contribution < -0.4 is 10.1 Å². The third-order valence-electron chi connectivity index (χ3n) is 4.93. The molecule has 4 rings (SSSR count). The van der Waals surface area contributed by atoms with E-state index in [0.29, 0.717) is 0 Å². The Bertz CT molecular complexity index is 935. The van der Waals surface area contributed by atoms with Gasteiger partial charge in [0.25, 0.3) is 0 Å². The molecule has 0 saturated carbocycles. The molecule has 5 heteroatoms. The van der Waals surface area contributed by atoms with E-state index in [4.69, 9.17) is 4.74 Å². The van der Waals surface area contributed by atoms with E-state index in [1.54, 1.807) is 10.7 Å². The molecule has 1 aromatic heterocycles. The fourth-order valence-corrected chi connectivity index (χ4v) is 3.45. The van der Waals surface area contributed by atoms with Gasteiger partial charge >= 0.3 is 0 Å². The summed E-state index contributed by atoms with van der Waals surface area (Å²) in [4.78, 5) is 0. The second-order valence-electron chi connectivity index (χ2n) is 6.72. The van der Waals surface area contributed by atoms with Crippen LogP contribution in [0.25, 0.3) is 5.69 Å². The van der Waals surface area contributed by atoms with Crippen molar-refractivity contribution in [1.82, 2.24) is 15.1 Å². The maximum Gasteiger partial charge on any atom is 0.125 e. The van der Waals surface area contributed by atoms with Crippen molar-refractivity contribution in [2.45, 2.75) is 32.9 Å². The smallest absolute Gasteiger partial charge is 0.125 e. The first-order chi connectivity index (χ1) is 12.6. The van der Waals surface area contributed by atoms with E-state index in [1.165, 1.54) is 23.3 Å². The van der Waals surface area contributed by atoms with Gasteiger partial charge < -0.3 is 10.1 Å². The van der Waals surface area contributed by atoms with Gasteiger partial charge in [-0.15, -0.1) is 0 Å². The van der Waals surface area contributed by atoms with Crippen molar-refractivity contribution in [3.05, 3.63) is 76.9 Å². The molecule has 26 heavy (non-hydrogen) atoms. The van der Waals surface area contributed by atoms with Crippen molar-refractivity contribution < 1.29 is 9.13 Å². The van der Waals surface area contributed by atoms with Gasteiger partial charge in [0, 0.05) is 30.3 Å². The minimum absolute atomic E-state index is 0.141. The Morgan fingerprint density at radius 3 is 3.00 bits per heavy atom. The minimum Gasteiger partial charge on any atom is -0.493 e. The van der Waals surface area contributed by atoms with Crippen LogP contribution in [-0.2, 0) is 13.0 Å². The summed E-state index contributed by atoms with van der Waals surface area (Å²) in [5, 5.41) is 8.00. The molecule has 1 N–H and O–H groups in total. The van der Waals surface area contributed by atoms with E-state index in [2.05, 4.69) is 35.5 Å². The number of halogens is 1. The fourth-order valence-electron chi connectivity index (χ4n) is 3.45. The molecule has 0 fully saturated rings. The predicted octanol–water partition coefficient (Wildman–Crippen LogP) is 4.11. The summed E-state index contributed by atoms with van der Waals surface area (Å²) in [6.45, 7) is 5.69. The molecule has 0 amide bonds. The average Bonchev–Trinajstić information content (AvgIpc) is 3.25. The average molecular weight is 351 g/mol. The zero-order chi connectivity index (χ0) is 18.1. The lowest BCUT2D eigenvalue weighted by Gasteiger charge is -2.15. The van der Waals surface area contributed by atoms with Gasteiger partial charge in [0.05, 0.1) is 18.5 Å². The van der Waals surface area contributed by atoms with Crippen molar-refractivity contribution in [2.24, 2.45) is 0 Å². The Kier molecular flexibility index (Phi) is 4.47. The molecule has 134 valence electrons. The molecular weight excluding hydrogens is 329 g/mol. The molecule has 1 atom stereocenters. The van der Waals surface area contributed by atoms with E-state index in [1.807, 2.05) is 19.2 Å². The highest BCUT2D eigenvalue weighted by molar-refractivity contribution is 5.40. The molecular formula is C21H22FN3O. The normalized spacial score (nSPS) is 14.1. The maximum absolute atomic E-state index is 13.5. The lowest BCUT2D eigenvalue weighted by atomic mass is 10.1. The van der Waals surface area contributed by atoms with E-state index in [-0.39, 0.29) is 11.9 Å². The first-order valence-electron chi connectivity index (χ1n) is 8.90. The monoisotopic (exact) mass is 351 g/mol. The molecule has 1 aliphatic rings. The van der Waals surface area contributed by atoms with Gasteiger partial charge in [0.15, 0.2) is 0 Å². The second-order valence-corrected chi connectivity index (χ2v) is 6.72. The van der Waals surface area contributed by atoms with E-state index in [9.17, 15) is 4.39 Å².